The lowest BCUT2D eigenvalue weighted by molar-refractivity contribution is -0.127. The highest BCUT2D eigenvalue weighted by Gasteiger charge is 2.14. The van der Waals surface area contributed by atoms with Gasteiger partial charge in [-0.3, -0.25) is 4.79 Å². The van der Waals surface area contributed by atoms with E-state index in [4.69, 9.17) is 4.74 Å². The molecule has 3 nitrogen and oxygen atoms in total. The molecule has 0 saturated carbocycles. The first-order valence-electron chi connectivity index (χ1n) is 8.05. The number of aryl methyl sites for hydroxylation is 1. The lowest BCUT2D eigenvalue weighted by Gasteiger charge is -2.16. The molecule has 0 aliphatic heterocycles. The Bertz CT molecular complexity index is 647. The van der Waals surface area contributed by atoms with Gasteiger partial charge in [-0.05, 0) is 43.0 Å². The smallest absolute Gasteiger partial charge is 0.261 e. The van der Waals surface area contributed by atoms with E-state index < -0.39 is 6.10 Å². The summed E-state index contributed by atoms with van der Waals surface area (Å²) in [6.07, 6.45) is -0.525. The number of hydrogen-bond donors (Lipinski definition) is 1. The molecule has 1 N–H and O–H groups in total. The zero-order valence-electron chi connectivity index (χ0n) is 14.3. The van der Waals surface area contributed by atoms with Crippen LogP contribution in [0.4, 0.5) is 0 Å². The average Bonchev–Trinajstić information content (AvgIpc) is 2.54. The molecule has 2 rings (SSSR count). The summed E-state index contributed by atoms with van der Waals surface area (Å²) in [5.74, 6) is 1.05. The molecule has 0 bridgehead atoms. The van der Waals surface area contributed by atoms with Crippen molar-refractivity contribution in [3.05, 3.63) is 65.2 Å². The number of nitrogens with one attached hydrogen (secondary N) is 1. The number of carbonyl (C=O) groups is 1. The van der Waals surface area contributed by atoms with Crippen LogP contribution in [0.3, 0.4) is 0 Å². The Balaban J connectivity index is 1.89. The first-order valence-corrected chi connectivity index (χ1v) is 8.05. The van der Waals surface area contributed by atoms with Crippen LogP contribution >= 0.6 is 0 Å². The van der Waals surface area contributed by atoms with Gasteiger partial charge < -0.3 is 10.1 Å². The fourth-order valence-electron chi connectivity index (χ4n) is 2.24. The van der Waals surface area contributed by atoms with Crippen molar-refractivity contribution in [1.29, 1.82) is 0 Å². The summed E-state index contributed by atoms with van der Waals surface area (Å²) in [6, 6.07) is 16.0. The van der Waals surface area contributed by atoms with E-state index in [0.717, 1.165) is 11.3 Å². The highest BCUT2D eigenvalue weighted by atomic mass is 16.5. The number of ether oxygens (including phenoxy) is 1. The normalized spacial score (nSPS) is 12.0. The predicted molar refractivity (Wildman–Crippen MR) is 93.6 cm³/mol. The fourth-order valence-corrected chi connectivity index (χ4v) is 2.24. The number of hydrogen-bond acceptors (Lipinski definition) is 2. The molecule has 1 unspecified atom stereocenters. The number of rotatable bonds is 6. The van der Waals surface area contributed by atoms with Gasteiger partial charge in [0.05, 0.1) is 0 Å². The van der Waals surface area contributed by atoms with Crippen LogP contribution in [0.25, 0.3) is 0 Å². The third-order valence-electron chi connectivity index (χ3n) is 3.79. The van der Waals surface area contributed by atoms with Crippen molar-refractivity contribution in [2.75, 3.05) is 0 Å². The van der Waals surface area contributed by atoms with Crippen LogP contribution < -0.4 is 10.1 Å². The standard InChI is InChI=1S/C20H25NO2/c1-14(2)18-6-5-7-19(12-18)23-16(4)20(22)21-13-17-10-8-15(3)9-11-17/h5-12,14,16H,13H2,1-4H3,(H,21,22). The van der Waals surface area contributed by atoms with Crippen molar-refractivity contribution in [2.45, 2.75) is 46.3 Å². The molecule has 2 aromatic carbocycles. The monoisotopic (exact) mass is 311 g/mol. The van der Waals surface area contributed by atoms with Gasteiger partial charge in [-0.1, -0.05) is 55.8 Å². The number of amides is 1. The Morgan fingerprint density at radius 1 is 1.09 bits per heavy atom. The van der Waals surface area contributed by atoms with Crippen LogP contribution in [0.5, 0.6) is 5.75 Å². The first-order chi connectivity index (χ1) is 11.0. The van der Waals surface area contributed by atoms with Crippen LogP contribution in [-0.4, -0.2) is 12.0 Å². The van der Waals surface area contributed by atoms with Crippen molar-refractivity contribution in [1.82, 2.24) is 5.32 Å². The van der Waals surface area contributed by atoms with E-state index in [1.807, 2.05) is 49.4 Å². The molecule has 0 aliphatic carbocycles. The predicted octanol–water partition coefficient (Wildman–Crippen LogP) is 4.20. The summed E-state index contributed by atoms with van der Waals surface area (Å²) < 4.78 is 5.76. The van der Waals surface area contributed by atoms with Crippen LogP contribution in [0, 0.1) is 6.92 Å². The summed E-state index contributed by atoms with van der Waals surface area (Å²) in [6.45, 7) is 8.60. The molecule has 23 heavy (non-hydrogen) atoms. The van der Waals surface area contributed by atoms with Gasteiger partial charge in [-0.2, -0.15) is 0 Å². The van der Waals surface area contributed by atoms with Gasteiger partial charge in [0, 0.05) is 6.54 Å². The molecule has 1 atom stereocenters. The van der Waals surface area contributed by atoms with Gasteiger partial charge in [0.1, 0.15) is 5.75 Å². The van der Waals surface area contributed by atoms with Crippen LogP contribution in [0.15, 0.2) is 48.5 Å². The SMILES string of the molecule is Cc1ccc(CNC(=O)C(C)Oc2cccc(C(C)C)c2)cc1. The summed E-state index contributed by atoms with van der Waals surface area (Å²) in [5.41, 5.74) is 3.49. The van der Waals surface area contributed by atoms with Gasteiger partial charge >= 0.3 is 0 Å². The van der Waals surface area contributed by atoms with Crippen molar-refractivity contribution in [2.24, 2.45) is 0 Å². The molecule has 3 heteroatoms. The maximum atomic E-state index is 12.2. The van der Waals surface area contributed by atoms with Crippen molar-refractivity contribution in [3.8, 4) is 5.75 Å². The largest absolute Gasteiger partial charge is 0.481 e. The molecule has 0 aromatic heterocycles. The van der Waals surface area contributed by atoms with Crippen LogP contribution in [0.1, 0.15) is 43.4 Å². The molecule has 0 heterocycles. The van der Waals surface area contributed by atoms with E-state index >= 15 is 0 Å². The second-order valence-electron chi connectivity index (χ2n) is 6.19. The van der Waals surface area contributed by atoms with E-state index in [1.54, 1.807) is 6.92 Å². The number of carbonyl (C=O) groups excluding carboxylic acids is 1. The Morgan fingerprint density at radius 3 is 2.43 bits per heavy atom. The molecule has 0 fully saturated rings. The number of benzene rings is 2. The molecule has 122 valence electrons. The second-order valence-corrected chi connectivity index (χ2v) is 6.19. The second kappa shape index (κ2) is 7.82. The Kier molecular flexibility index (Phi) is 5.80. The molecular formula is C20H25NO2. The molecular weight excluding hydrogens is 286 g/mol. The van der Waals surface area contributed by atoms with E-state index in [1.165, 1.54) is 11.1 Å². The minimum atomic E-state index is -0.525. The van der Waals surface area contributed by atoms with Crippen LogP contribution in [0.2, 0.25) is 0 Å². The summed E-state index contributed by atoms with van der Waals surface area (Å²) >= 11 is 0. The lowest BCUT2D eigenvalue weighted by atomic mass is 10.0. The van der Waals surface area contributed by atoms with Gasteiger partial charge in [0.25, 0.3) is 5.91 Å². The zero-order valence-corrected chi connectivity index (χ0v) is 14.3. The molecule has 1 amide bonds. The lowest BCUT2D eigenvalue weighted by Crippen LogP contribution is -2.35. The van der Waals surface area contributed by atoms with Gasteiger partial charge in [-0.15, -0.1) is 0 Å². The van der Waals surface area contributed by atoms with E-state index in [9.17, 15) is 4.79 Å². The van der Waals surface area contributed by atoms with E-state index in [0.29, 0.717) is 12.5 Å². The highest BCUT2D eigenvalue weighted by molar-refractivity contribution is 5.80. The maximum Gasteiger partial charge on any atom is 0.261 e. The maximum absolute atomic E-state index is 12.2. The molecule has 2 aromatic rings. The van der Waals surface area contributed by atoms with E-state index in [-0.39, 0.29) is 5.91 Å². The van der Waals surface area contributed by atoms with Gasteiger partial charge in [-0.25, -0.2) is 0 Å². The topological polar surface area (TPSA) is 38.3 Å². The van der Waals surface area contributed by atoms with Crippen molar-refractivity contribution in [3.63, 3.8) is 0 Å². The highest BCUT2D eigenvalue weighted by Crippen LogP contribution is 2.21. The third kappa shape index (κ3) is 5.13. The van der Waals surface area contributed by atoms with Gasteiger partial charge in [0.15, 0.2) is 6.10 Å². The first kappa shape index (κ1) is 17.1. The summed E-state index contributed by atoms with van der Waals surface area (Å²) in [7, 11) is 0. The third-order valence-corrected chi connectivity index (χ3v) is 3.79. The Morgan fingerprint density at radius 2 is 1.78 bits per heavy atom. The quantitative estimate of drug-likeness (QED) is 0.868. The van der Waals surface area contributed by atoms with E-state index in [2.05, 4.69) is 25.2 Å². The fraction of sp³-hybridized carbons (Fsp3) is 0.350. The van der Waals surface area contributed by atoms with Crippen LogP contribution in [-0.2, 0) is 11.3 Å². The average molecular weight is 311 g/mol. The molecule has 0 saturated heterocycles. The summed E-state index contributed by atoms with van der Waals surface area (Å²) in [5, 5.41) is 2.91. The minimum Gasteiger partial charge on any atom is -0.481 e. The molecule has 0 aliphatic rings. The zero-order chi connectivity index (χ0) is 16.8. The Hall–Kier alpha value is -2.29. The van der Waals surface area contributed by atoms with Crippen molar-refractivity contribution < 1.29 is 9.53 Å². The molecule has 0 spiro atoms. The van der Waals surface area contributed by atoms with Crippen molar-refractivity contribution >= 4 is 5.91 Å². The molecule has 0 radical (unpaired) electrons. The summed E-state index contributed by atoms with van der Waals surface area (Å²) in [4.78, 5) is 12.2. The Labute approximate surface area is 138 Å². The van der Waals surface area contributed by atoms with Gasteiger partial charge in [0.2, 0.25) is 0 Å². The minimum absolute atomic E-state index is 0.111.